The van der Waals surface area contributed by atoms with E-state index in [2.05, 4.69) is 34.2 Å². The van der Waals surface area contributed by atoms with Crippen LogP contribution in [0.25, 0.3) is 11.3 Å². The Bertz CT molecular complexity index is 1230. The molecule has 35 heavy (non-hydrogen) atoms. The zero-order valence-corrected chi connectivity index (χ0v) is 20.1. The summed E-state index contributed by atoms with van der Waals surface area (Å²) in [5, 5.41) is 7.59. The molecule has 0 aliphatic carbocycles. The molecule has 0 saturated carbocycles. The molecule has 2 aromatic heterocycles. The van der Waals surface area contributed by atoms with Crippen LogP contribution in [0.5, 0.6) is 5.75 Å². The van der Waals surface area contributed by atoms with E-state index in [-0.39, 0.29) is 11.9 Å². The number of hydrogen-bond donors (Lipinski definition) is 1. The van der Waals surface area contributed by atoms with E-state index in [0.29, 0.717) is 12.2 Å². The number of carbonyl (C=O) groups is 1. The third-order valence-electron chi connectivity index (χ3n) is 6.50. The second-order valence-corrected chi connectivity index (χ2v) is 8.91. The van der Waals surface area contributed by atoms with Gasteiger partial charge in [0.15, 0.2) is 0 Å². The molecule has 1 N–H and O–H groups in total. The molecule has 1 aliphatic heterocycles. The summed E-state index contributed by atoms with van der Waals surface area (Å²) in [5.41, 5.74) is 4.41. The highest BCUT2D eigenvalue weighted by molar-refractivity contribution is 6.00. The first-order chi connectivity index (χ1) is 17.3. The molecule has 180 valence electrons. The lowest BCUT2D eigenvalue weighted by molar-refractivity contribution is 0.0739. The molecule has 1 amide bonds. The molecular weight excluding hydrogens is 438 g/mol. The first-order valence-corrected chi connectivity index (χ1v) is 12.4. The van der Waals surface area contributed by atoms with Gasteiger partial charge in [-0.2, -0.15) is 5.10 Å². The quantitative estimate of drug-likeness (QED) is 0.295. The van der Waals surface area contributed by atoms with Gasteiger partial charge in [-0.15, -0.1) is 0 Å². The maximum Gasteiger partial charge on any atom is 0.273 e. The maximum atomic E-state index is 13.5. The van der Waals surface area contributed by atoms with E-state index in [4.69, 9.17) is 4.74 Å². The first-order valence-electron chi connectivity index (χ1n) is 12.4. The SMILES string of the molecule is CCCCCOc1ccc(C2c3c(-c4ccccc4)n[nH]c3C(=O)N2CCCn2ccnc2)cc1. The molecule has 3 heterocycles. The number of nitrogens with zero attached hydrogens (tertiary/aromatic N) is 4. The average Bonchev–Trinajstić information content (AvgIpc) is 3.62. The molecule has 0 bridgehead atoms. The van der Waals surface area contributed by atoms with E-state index in [1.165, 1.54) is 12.8 Å². The molecule has 4 aromatic rings. The van der Waals surface area contributed by atoms with Gasteiger partial charge in [-0.25, -0.2) is 4.98 Å². The Morgan fingerprint density at radius 3 is 2.57 bits per heavy atom. The minimum atomic E-state index is -0.205. The summed E-state index contributed by atoms with van der Waals surface area (Å²) in [4.78, 5) is 19.6. The van der Waals surface area contributed by atoms with Gasteiger partial charge in [0.1, 0.15) is 11.4 Å². The number of nitrogens with one attached hydrogen (secondary N) is 1. The summed E-state index contributed by atoms with van der Waals surface area (Å²) in [7, 11) is 0. The number of imidazole rings is 1. The predicted octanol–water partition coefficient (Wildman–Crippen LogP) is 5.48. The first kappa shape index (κ1) is 22.9. The predicted molar refractivity (Wildman–Crippen MR) is 135 cm³/mol. The number of benzene rings is 2. The number of hydrogen-bond acceptors (Lipinski definition) is 4. The van der Waals surface area contributed by atoms with E-state index in [0.717, 1.165) is 54.1 Å². The highest BCUT2D eigenvalue weighted by Crippen LogP contribution is 2.43. The molecule has 0 saturated heterocycles. The molecule has 1 unspecified atom stereocenters. The van der Waals surface area contributed by atoms with Crippen molar-refractivity contribution in [2.45, 2.75) is 45.2 Å². The molecule has 1 atom stereocenters. The third-order valence-corrected chi connectivity index (χ3v) is 6.50. The Kier molecular flexibility index (Phi) is 6.93. The summed E-state index contributed by atoms with van der Waals surface area (Å²) in [6.45, 7) is 4.35. The monoisotopic (exact) mass is 469 g/mol. The summed E-state index contributed by atoms with van der Waals surface area (Å²) in [6, 6.07) is 18.0. The Balaban J connectivity index is 1.43. The van der Waals surface area contributed by atoms with Gasteiger partial charge in [-0.05, 0) is 30.5 Å². The summed E-state index contributed by atoms with van der Waals surface area (Å²) in [6.07, 6.45) is 9.76. The van der Waals surface area contributed by atoms with Crippen molar-refractivity contribution in [2.75, 3.05) is 13.2 Å². The lowest BCUT2D eigenvalue weighted by Crippen LogP contribution is -2.31. The molecule has 1 aliphatic rings. The number of fused-ring (bicyclic) bond motifs is 1. The zero-order valence-electron chi connectivity index (χ0n) is 20.1. The van der Waals surface area contributed by atoms with E-state index in [1.807, 2.05) is 64.5 Å². The molecule has 7 heteroatoms. The zero-order chi connectivity index (χ0) is 24.0. The topological polar surface area (TPSA) is 76.0 Å². The fraction of sp³-hybridized carbons (Fsp3) is 0.321. The number of aromatic amines is 1. The van der Waals surface area contributed by atoms with Crippen LogP contribution in [0.2, 0.25) is 0 Å². The van der Waals surface area contributed by atoms with Gasteiger partial charge in [0, 0.05) is 36.6 Å². The molecule has 0 fully saturated rings. The van der Waals surface area contributed by atoms with Crippen molar-refractivity contribution in [2.24, 2.45) is 0 Å². The Morgan fingerprint density at radius 2 is 1.83 bits per heavy atom. The van der Waals surface area contributed by atoms with Gasteiger partial charge >= 0.3 is 0 Å². The van der Waals surface area contributed by atoms with E-state index in [9.17, 15) is 4.79 Å². The molecule has 0 radical (unpaired) electrons. The highest BCUT2D eigenvalue weighted by Gasteiger charge is 2.41. The number of aromatic nitrogens is 4. The van der Waals surface area contributed by atoms with Crippen LogP contribution in [-0.4, -0.2) is 43.7 Å². The van der Waals surface area contributed by atoms with E-state index in [1.54, 1.807) is 6.20 Å². The van der Waals surface area contributed by atoms with E-state index >= 15 is 0 Å². The van der Waals surface area contributed by atoms with Gasteiger partial charge in [-0.1, -0.05) is 62.2 Å². The minimum absolute atomic E-state index is 0.00907. The minimum Gasteiger partial charge on any atom is -0.494 e. The third kappa shape index (κ3) is 4.85. The molecular formula is C28H31N5O2. The second-order valence-electron chi connectivity index (χ2n) is 8.91. The van der Waals surface area contributed by atoms with Crippen molar-refractivity contribution in [1.29, 1.82) is 0 Å². The molecule has 5 rings (SSSR count). The smallest absolute Gasteiger partial charge is 0.273 e. The van der Waals surface area contributed by atoms with Crippen LogP contribution in [0.4, 0.5) is 0 Å². The average molecular weight is 470 g/mol. The normalized spacial score (nSPS) is 14.9. The number of rotatable bonds is 11. The van der Waals surface area contributed by atoms with Crippen LogP contribution in [0, 0.1) is 0 Å². The van der Waals surface area contributed by atoms with Crippen molar-refractivity contribution in [3.63, 3.8) is 0 Å². The van der Waals surface area contributed by atoms with Crippen LogP contribution in [-0.2, 0) is 6.54 Å². The fourth-order valence-electron chi connectivity index (χ4n) is 4.72. The molecule has 2 aromatic carbocycles. The van der Waals surface area contributed by atoms with Crippen LogP contribution < -0.4 is 4.74 Å². The van der Waals surface area contributed by atoms with Gasteiger partial charge in [0.2, 0.25) is 0 Å². The number of unbranched alkanes of at least 4 members (excludes halogenated alkanes) is 2. The summed E-state index contributed by atoms with van der Waals surface area (Å²) < 4.78 is 7.96. The van der Waals surface area contributed by atoms with Crippen molar-refractivity contribution >= 4 is 5.91 Å². The van der Waals surface area contributed by atoms with E-state index < -0.39 is 0 Å². The lowest BCUT2D eigenvalue weighted by Gasteiger charge is -2.26. The Labute approximate surface area is 205 Å². The number of H-pyrrole nitrogens is 1. The number of amides is 1. The Hall–Kier alpha value is -3.87. The van der Waals surface area contributed by atoms with Crippen molar-refractivity contribution in [1.82, 2.24) is 24.6 Å². The summed E-state index contributed by atoms with van der Waals surface area (Å²) >= 11 is 0. The van der Waals surface area contributed by atoms with Gasteiger partial charge in [-0.3, -0.25) is 9.89 Å². The molecule has 0 spiro atoms. The maximum absolute atomic E-state index is 13.5. The molecule has 7 nitrogen and oxygen atoms in total. The van der Waals surface area contributed by atoms with Gasteiger partial charge in [0.25, 0.3) is 5.91 Å². The second kappa shape index (κ2) is 10.6. The van der Waals surface area contributed by atoms with Crippen LogP contribution >= 0.6 is 0 Å². The van der Waals surface area contributed by atoms with Crippen molar-refractivity contribution in [3.8, 4) is 17.0 Å². The standard InChI is InChI=1S/C28H31N5O2/c1-2-3-7-19-35-23-13-11-22(12-14-23)27-24-25(21-9-5-4-6-10-21)30-31-26(24)28(34)33(27)17-8-16-32-18-15-29-20-32/h4-6,9-15,18,20,27H,2-3,7-8,16-17,19H2,1H3,(H,30,31). The number of ether oxygens (including phenoxy) is 1. The fourth-order valence-corrected chi connectivity index (χ4v) is 4.72. The van der Waals surface area contributed by atoms with Crippen molar-refractivity contribution < 1.29 is 9.53 Å². The highest BCUT2D eigenvalue weighted by atomic mass is 16.5. The Morgan fingerprint density at radius 1 is 1.00 bits per heavy atom. The number of carbonyl (C=O) groups excluding carboxylic acids is 1. The largest absolute Gasteiger partial charge is 0.494 e. The van der Waals surface area contributed by atoms with Crippen LogP contribution in [0.3, 0.4) is 0 Å². The number of aryl methyl sites for hydroxylation is 1. The van der Waals surface area contributed by atoms with Gasteiger partial charge in [0.05, 0.1) is 24.7 Å². The van der Waals surface area contributed by atoms with Crippen LogP contribution in [0.15, 0.2) is 73.3 Å². The van der Waals surface area contributed by atoms with Crippen molar-refractivity contribution in [3.05, 3.63) is 90.1 Å². The van der Waals surface area contributed by atoms with Crippen LogP contribution in [0.1, 0.15) is 60.3 Å². The lowest BCUT2D eigenvalue weighted by atomic mass is 9.96. The summed E-state index contributed by atoms with van der Waals surface area (Å²) in [5.74, 6) is 0.849. The van der Waals surface area contributed by atoms with Gasteiger partial charge < -0.3 is 14.2 Å².